The fourth-order valence-electron chi connectivity index (χ4n) is 2.32. The molecule has 1 aromatic carbocycles. The van der Waals surface area contributed by atoms with E-state index in [9.17, 15) is 13.6 Å². The van der Waals surface area contributed by atoms with Crippen molar-refractivity contribution in [3.63, 3.8) is 0 Å². The summed E-state index contributed by atoms with van der Waals surface area (Å²) in [6.45, 7) is 1.85. The molecule has 1 aliphatic heterocycles. The molecule has 0 fully saturated rings. The van der Waals surface area contributed by atoms with E-state index in [1.54, 1.807) is 16.8 Å². The normalized spacial score (nSPS) is 15.6. The first-order valence-corrected chi connectivity index (χ1v) is 7.89. The molecule has 3 heterocycles. The molecule has 10 heteroatoms. The molecule has 0 unspecified atom stereocenters. The number of carbonyl (C=O) groups excluding carboxylic acids is 1. The largest absolute Gasteiger partial charge is 0.586 e. The highest BCUT2D eigenvalue weighted by molar-refractivity contribution is 7.09. The second kappa shape index (κ2) is 5.52. The fraction of sp³-hybridized carbons (Fsp3) is 0.133. The van der Waals surface area contributed by atoms with Crippen LogP contribution in [-0.2, 0) is 0 Å². The molecule has 1 aliphatic rings. The van der Waals surface area contributed by atoms with Gasteiger partial charge in [0.15, 0.2) is 16.3 Å². The Labute approximate surface area is 143 Å². The summed E-state index contributed by atoms with van der Waals surface area (Å²) in [6.07, 6.45) is 2.37. The van der Waals surface area contributed by atoms with Crippen LogP contribution in [0.3, 0.4) is 0 Å². The van der Waals surface area contributed by atoms with E-state index in [1.807, 2.05) is 6.92 Å². The summed E-state index contributed by atoms with van der Waals surface area (Å²) in [6, 6.07) is 3.85. The number of fused-ring (bicyclic) bond motifs is 1. The highest BCUT2D eigenvalue weighted by atomic mass is 32.1. The number of hydrogen-bond donors (Lipinski definition) is 0. The Morgan fingerprint density at radius 1 is 1.32 bits per heavy atom. The number of thiazole rings is 1. The molecule has 0 aliphatic carbocycles. The van der Waals surface area contributed by atoms with Crippen molar-refractivity contribution < 1.29 is 23.0 Å². The van der Waals surface area contributed by atoms with Gasteiger partial charge in [0.2, 0.25) is 0 Å². The number of nitrogens with zero attached hydrogens (tertiary/aromatic N) is 4. The Kier molecular flexibility index (Phi) is 3.42. The van der Waals surface area contributed by atoms with E-state index in [4.69, 9.17) is 0 Å². The minimum Gasteiger partial charge on any atom is -0.395 e. The summed E-state index contributed by atoms with van der Waals surface area (Å²) >= 11 is 1.29. The molecular weight excluding hydrogens is 354 g/mol. The van der Waals surface area contributed by atoms with E-state index in [2.05, 4.69) is 19.5 Å². The van der Waals surface area contributed by atoms with Crippen LogP contribution in [0.1, 0.15) is 4.88 Å². The van der Waals surface area contributed by atoms with E-state index in [0.29, 0.717) is 10.5 Å². The molecule has 4 rings (SSSR count). The van der Waals surface area contributed by atoms with Gasteiger partial charge in [-0.2, -0.15) is 4.99 Å². The summed E-state index contributed by atoms with van der Waals surface area (Å²) in [4.78, 5) is 21.3. The monoisotopic (exact) mass is 364 g/mol. The maximum Gasteiger partial charge on any atom is 0.586 e. The first-order chi connectivity index (χ1) is 11.9. The molecule has 128 valence electrons. The average molecular weight is 364 g/mol. The third-order valence-electron chi connectivity index (χ3n) is 3.35. The first-order valence-electron chi connectivity index (χ1n) is 7.08. The summed E-state index contributed by atoms with van der Waals surface area (Å²) in [5.41, 5.74) is 0.515. The minimum atomic E-state index is -3.68. The van der Waals surface area contributed by atoms with Crippen molar-refractivity contribution in [2.24, 2.45) is 4.99 Å². The predicted octanol–water partition coefficient (Wildman–Crippen LogP) is 2.93. The Balaban J connectivity index is 1.77. The standard InChI is InChI=1S/C15H10F2N4O3S/c1-9-7-21(14(25-9)19-13(22)20-5-4-18-8-20)10-2-3-11-12(6-10)24-15(16,17)23-11/h2-8H,1H3. The van der Waals surface area contributed by atoms with Crippen LogP contribution in [0.25, 0.3) is 5.69 Å². The van der Waals surface area contributed by atoms with Crippen molar-refractivity contribution in [2.75, 3.05) is 0 Å². The van der Waals surface area contributed by atoms with Crippen molar-refractivity contribution in [2.45, 2.75) is 13.2 Å². The molecule has 0 atom stereocenters. The molecular formula is C15H10F2N4O3S. The van der Waals surface area contributed by atoms with Crippen molar-refractivity contribution in [1.29, 1.82) is 0 Å². The Hall–Kier alpha value is -3.01. The number of rotatable bonds is 1. The van der Waals surface area contributed by atoms with E-state index in [0.717, 1.165) is 4.88 Å². The molecule has 0 radical (unpaired) electrons. The summed E-state index contributed by atoms with van der Waals surface area (Å²) < 4.78 is 38.0. The highest BCUT2D eigenvalue weighted by Gasteiger charge is 2.43. The van der Waals surface area contributed by atoms with Crippen LogP contribution < -0.4 is 14.3 Å². The van der Waals surface area contributed by atoms with Crippen LogP contribution in [0.4, 0.5) is 13.6 Å². The molecule has 0 bridgehead atoms. The van der Waals surface area contributed by atoms with Crippen molar-refractivity contribution >= 4 is 17.4 Å². The lowest BCUT2D eigenvalue weighted by atomic mass is 10.3. The minimum absolute atomic E-state index is 0.0470. The van der Waals surface area contributed by atoms with Crippen LogP contribution in [0.15, 0.2) is 48.1 Å². The lowest BCUT2D eigenvalue weighted by Crippen LogP contribution is -2.25. The summed E-state index contributed by atoms with van der Waals surface area (Å²) in [7, 11) is 0. The van der Waals surface area contributed by atoms with Crippen LogP contribution in [0.2, 0.25) is 0 Å². The van der Waals surface area contributed by atoms with Gasteiger partial charge in [0.05, 0.1) is 5.69 Å². The lowest BCUT2D eigenvalue weighted by molar-refractivity contribution is -0.286. The number of aromatic nitrogens is 3. The maximum absolute atomic E-state index is 13.2. The van der Waals surface area contributed by atoms with Crippen molar-refractivity contribution in [3.8, 4) is 17.2 Å². The number of carbonyl (C=O) groups is 1. The molecule has 25 heavy (non-hydrogen) atoms. The predicted molar refractivity (Wildman–Crippen MR) is 83.2 cm³/mol. The molecule has 1 amide bonds. The highest BCUT2D eigenvalue weighted by Crippen LogP contribution is 2.41. The van der Waals surface area contributed by atoms with E-state index in [1.165, 1.54) is 46.8 Å². The molecule has 0 N–H and O–H groups in total. The van der Waals surface area contributed by atoms with Crippen molar-refractivity contribution in [1.82, 2.24) is 14.1 Å². The zero-order chi connectivity index (χ0) is 17.6. The molecule has 7 nitrogen and oxygen atoms in total. The number of amides is 1. The van der Waals surface area contributed by atoms with Crippen molar-refractivity contribution in [3.05, 3.63) is 52.8 Å². The van der Waals surface area contributed by atoms with Gasteiger partial charge in [0, 0.05) is 29.5 Å². The number of aryl methyl sites for hydroxylation is 1. The van der Waals surface area contributed by atoms with Gasteiger partial charge in [-0.1, -0.05) is 0 Å². The van der Waals surface area contributed by atoms with Gasteiger partial charge in [0.1, 0.15) is 6.33 Å². The quantitative estimate of drug-likeness (QED) is 0.666. The van der Waals surface area contributed by atoms with Crippen LogP contribution >= 0.6 is 11.3 Å². The second-order valence-electron chi connectivity index (χ2n) is 5.16. The maximum atomic E-state index is 13.2. The van der Waals surface area contributed by atoms with Crippen LogP contribution in [0, 0.1) is 6.92 Å². The fourth-order valence-corrected chi connectivity index (χ4v) is 3.14. The van der Waals surface area contributed by atoms with Gasteiger partial charge >= 0.3 is 12.3 Å². The molecule has 0 saturated carbocycles. The second-order valence-corrected chi connectivity index (χ2v) is 6.37. The lowest BCUT2D eigenvalue weighted by Gasteiger charge is -2.05. The topological polar surface area (TPSA) is 70.6 Å². The number of hydrogen-bond acceptors (Lipinski definition) is 5. The molecule has 2 aromatic heterocycles. The zero-order valence-electron chi connectivity index (χ0n) is 12.7. The number of halogens is 2. The summed E-state index contributed by atoms with van der Waals surface area (Å²) in [5.74, 6) is -0.125. The average Bonchev–Trinajstić information content (AvgIpc) is 3.23. The van der Waals surface area contributed by atoms with Gasteiger partial charge in [-0.05, 0) is 19.1 Å². The summed E-state index contributed by atoms with van der Waals surface area (Å²) in [5, 5.41) is 0. The Bertz CT molecular complexity index is 1020. The zero-order valence-corrected chi connectivity index (χ0v) is 13.5. The number of ether oxygens (including phenoxy) is 2. The van der Waals surface area contributed by atoms with Gasteiger partial charge in [-0.25, -0.2) is 9.78 Å². The number of alkyl halides is 2. The first kappa shape index (κ1) is 15.5. The Morgan fingerprint density at radius 3 is 2.88 bits per heavy atom. The third-order valence-corrected chi connectivity index (χ3v) is 4.25. The third kappa shape index (κ3) is 2.91. The SMILES string of the molecule is Cc1cn(-c2ccc3c(c2)OC(F)(F)O3)c(=NC(=O)n2ccnc2)s1. The van der Waals surface area contributed by atoms with Gasteiger partial charge in [-0.3, -0.25) is 9.13 Å². The number of benzene rings is 1. The smallest absolute Gasteiger partial charge is 0.395 e. The van der Waals surface area contributed by atoms with Crippen LogP contribution in [0.5, 0.6) is 11.5 Å². The Morgan fingerprint density at radius 2 is 2.12 bits per heavy atom. The molecule has 0 saturated heterocycles. The van der Waals surface area contributed by atoms with Gasteiger partial charge < -0.3 is 9.47 Å². The molecule has 0 spiro atoms. The van der Waals surface area contributed by atoms with E-state index < -0.39 is 12.3 Å². The van der Waals surface area contributed by atoms with E-state index >= 15 is 0 Å². The van der Waals surface area contributed by atoms with Gasteiger partial charge in [0.25, 0.3) is 0 Å². The van der Waals surface area contributed by atoms with E-state index in [-0.39, 0.29) is 11.5 Å². The molecule has 3 aromatic rings. The van der Waals surface area contributed by atoms with Gasteiger partial charge in [-0.15, -0.1) is 20.1 Å². The number of imidazole rings is 1. The van der Waals surface area contributed by atoms with Crippen LogP contribution in [-0.4, -0.2) is 26.4 Å².